The van der Waals surface area contributed by atoms with E-state index in [1.54, 1.807) is 20.3 Å². The van der Waals surface area contributed by atoms with Gasteiger partial charge >= 0.3 is 5.97 Å². The Morgan fingerprint density at radius 3 is 2.47 bits per heavy atom. The minimum absolute atomic E-state index is 0.0611. The number of benzene rings is 2. The molecule has 0 unspecified atom stereocenters. The first-order valence-electron chi connectivity index (χ1n) is 11.5. The number of esters is 1. The zero-order valence-electron chi connectivity index (χ0n) is 20.1. The smallest absolute Gasteiger partial charge is 0.309 e. The maximum absolute atomic E-state index is 13.7. The van der Waals surface area contributed by atoms with Crippen molar-refractivity contribution in [3.8, 4) is 22.8 Å². The van der Waals surface area contributed by atoms with Crippen molar-refractivity contribution in [3.05, 3.63) is 53.6 Å². The summed E-state index contributed by atoms with van der Waals surface area (Å²) < 4.78 is 16.1. The van der Waals surface area contributed by atoms with Gasteiger partial charge in [-0.25, -0.2) is 4.98 Å². The lowest BCUT2D eigenvalue weighted by molar-refractivity contribution is -0.149. The molecule has 7 nitrogen and oxygen atoms in total. The van der Waals surface area contributed by atoms with Crippen LogP contribution in [0, 0.1) is 12.8 Å². The quantitative estimate of drug-likeness (QED) is 0.497. The molecule has 1 saturated heterocycles. The average molecular weight is 463 g/mol. The van der Waals surface area contributed by atoms with E-state index < -0.39 is 0 Å². The zero-order valence-corrected chi connectivity index (χ0v) is 20.1. The van der Waals surface area contributed by atoms with Crippen molar-refractivity contribution in [2.45, 2.75) is 26.7 Å². The van der Waals surface area contributed by atoms with Crippen molar-refractivity contribution in [3.63, 3.8) is 0 Å². The second-order valence-corrected chi connectivity index (χ2v) is 8.46. The lowest BCUT2D eigenvalue weighted by atomic mass is 9.95. The minimum atomic E-state index is -0.173. The predicted molar refractivity (Wildman–Crippen MR) is 130 cm³/mol. The van der Waals surface area contributed by atoms with E-state index in [0.717, 1.165) is 22.0 Å². The van der Waals surface area contributed by atoms with Crippen LogP contribution in [-0.2, 0) is 9.53 Å². The number of pyridine rings is 1. The fourth-order valence-electron chi connectivity index (χ4n) is 4.41. The minimum Gasteiger partial charge on any atom is -0.497 e. The molecular formula is C27H30N2O5. The number of likely N-dealkylation sites (tertiary alicyclic amines) is 1. The highest BCUT2D eigenvalue weighted by molar-refractivity contribution is 6.07. The van der Waals surface area contributed by atoms with E-state index in [-0.39, 0.29) is 17.8 Å². The molecule has 178 valence electrons. The van der Waals surface area contributed by atoms with Crippen LogP contribution in [0.15, 0.2) is 42.5 Å². The van der Waals surface area contributed by atoms with E-state index in [1.165, 1.54) is 0 Å². The Morgan fingerprint density at radius 2 is 1.79 bits per heavy atom. The summed E-state index contributed by atoms with van der Waals surface area (Å²) in [6, 6.07) is 13.3. The Morgan fingerprint density at radius 1 is 1.03 bits per heavy atom. The van der Waals surface area contributed by atoms with Crippen LogP contribution < -0.4 is 9.47 Å². The van der Waals surface area contributed by atoms with Gasteiger partial charge in [-0.3, -0.25) is 9.59 Å². The van der Waals surface area contributed by atoms with Crippen LogP contribution in [0.25, 0.3) is 22.2 Å². The first kappa shape index (κ1) is 23.5. The molecule has 0 N–H and O–H groups in total. The van der Waals surface area contributed by atoms with Crippen molar-refractivity contribution >= 4 is 22.8 Å². The third kappa shape index (κ3) is 4.69. The summed E-state index contributed by atoms with van der Waals surface area (Å²) in [7, 11) is 3.20. The Kier molecular flexibility index (Phi) is 7.01. The maximum atomic E-state index is 13.7. The van der Waals surface area contributed by atoms with Crippen LogP contribution in [-0.4, -0.2) is 55.7 Å². The van der Waals surface area contributed by atoms with Crippen LogP contribution in [0.4, 0.5) is 0 Å². The summed E-state index contributed by atoms with van der Waals surface area (Å²) in [6.07, 6.45) is 1.21. The molecule has 1 amide bonds. The Bertz CT molecular complexity index is 1220. The highest BCUT2D eigenvalue weighted by atomic mass is 16.5. The van der Waals surface area contributed by atoms with Gasteiger partial charge in [-0.05, 0) is 57.0 Å². The highest BCUT2D eigenvalue weighted by Crippen LogP contribution is 2.35. The first-order chi connectivity index (χ1) is 16.4. The number of carbonyl (C=O) groups is 2. The third-order valence-electron chi connectivity index (χ3n) is 6.28. The normalized spacial score (nSPS) is 14.2. The standard InChI is InChI=1S/C27H30N2O5/c1-5-34-27(31)18-10-12-29(13-11-18)26(30)22-16-24(28-23-9-6-17(2)14-21(22)23)20-8-7-19(32-3)15-25(20)33-4/h6-9,14-16,18H,5,10-13H2,1-4H3. The molecule has 4 rings (SSSR count). The summed E-state index contributed by atoms with van der Waals surface area (Å²) in [5.41, 5.74) is 3.82. The van der Waals surface area contributed by atoms with Crippen LogP contribution >= 0.6 is 0 Å². The number of ether oxygens (including phenoxy) is 3. The number of hydrogen-bond acceptors (Lipinski definition) is 6. The molecule has 0 bridgehead atoms. The molecule has 0 radical (unpaired) electrons. The van der Waals surface area contributed by atoms with E-state index in [1.807, 2.05) is 55.1 Å². The number of aryl methyl sites for hydroxylation is 1. The first-order valence-corrected chi connectivity index (χ1v) is 11.5. The Hall–Kier alpha value is -3.61. The van der Waals surface area contributed by atoms with Gasteiger partial charge in [0.1, 0.15) is 11.5 Å². The Labute approximate surface area is 199 Å². The van der Waals surface area contributed by atoms with E-state index in [2.05, 4.69) is 0 Å². The average Bonchev–Trinajstić information content (AvgIpc) is 2.87. The number of rotatable bonds is 6. The van der Waals surface area contributed by atoms with Gasteiger partial charge in [0.05, 0.1) is 43.5 Å². The molecule has 2 heterocycles. The highest BCUT2D eigenvalue weighted by Gasteiger charge is 2.29. The Balaban J connectivity index is 1.72. The molecule has 2 aromatic carbocycles. The molecule has 0 atom stereocenters. The number of methoxy groups -OCH3 is 2. The number of aromatic nitrogens is 1. The van der Waals surface area contributed by atoms with E-state index >= 15 is 0 Å². The lowest BCUT2D eigenvalue weighted by Crippen LogP contribution is -2.40. The number of fused-ring (bicyclic) bond motifs is 1. The van der Waals surface area contributed by atoms with Crippen molar-refractivity contribution in [2.24, 2.45) is 5.92 Å². The van der Waals surface area contributed by atoms with E-state index in [9.17, 15) is 9.59 Å². The molecular weight excluding hydrogens is 432 g/mol. The fraction of sp³-hybridized carbons (Fsp3) is 0.370. The summed E-state index contributed by atoms with van der Waals surface area (Å²) in [6.45, 7) is 5.21. The number of nitrogens with zero attached hydrogens (tertiary/aromatic N) is 2. The van der Waals surface area contributed by atoms with Crippen LogP contribution in [0.2, 0.25) is 0 Å². The van der Waals surface area contributed by atoms with Gasteiger partial charge in [0, 0.05) is 30.1 Å². The maximum Gasteiger partial charge on any atom is 0.309 e. The molecule has 1 aromatic heterocycles. The monoisotopic (exact) mass is 462 g/mol. The van der Waals surface area contributed by atoms with Crippen molar-refractivity contribution in [2.75, 3.05) is 33.9 Å². The van der Waals surface area contributed by atoms with E-state index in [0.29, 0.717) is 55.3 Å². The third-order valence-corrected chi connectivity index (χ3v) is 6.28. The van der Waals surface area contributed by atoms with Gasteiger partial charge in [0.25, 0.3) is 5.91 Å². The summed E-state index contributed by atoms with van der Waals surface area (Å²) in [5, 5.41) is 0.814. The molecule has 0 aliphatic carbocycles. The molecule has 7 heteroatoms. The second kappa shape index (κ2) is 10.1. The number of hydrogen-bond donors (Lipinski definition) is 0. The summed E-state index contributed by atoms with van der Waals surface area (Å²) in [4.78, 5) is 32.5. The topological polar surface area (TPSA) is 78.0 Å². The number of carbonyl (C=O) groups excluding carboxylic acids is 2. The largest absolute Gasteiger partial charge is 0.497 e. The van der Waals surface area contributed by atoms with Crippen LogP contribution in [0.3, 0.4) is 0 Å². The van der Waals surface area contributed by atoms with Gasteiger partial charge in [0.2, 0.25) is 0 Å². The van der Waals surface area contributed by atoms with E-state index in [4.69, 9.17) is 19.2 Å². The number of amides is 1. The molecule has 1 aliphatic heterocycles. The molecule has 34 heavy (non-hydrogen) atoms. The SMILES string of the molecule is CCOC(=O)C1CCN(C(=O)c2cc(-c3ccc(OC)cc3OC)nc3ccc(C)cc23)CC1. The molecule has 0 saturated carbocycles. The molecule has 1 aliphatic rings. The van der Waals surface area contributed by atoms with Crippen molar-refractivity contribution in [1.82, 2.24) is 9.88 Å². The summed E-state index contributed by atoms with van der Waals surface area (Å²) >= 11 is 0. The van der Waals surface area contributed by atoms with Gasteiger partial charge in [-0.2, -0.15) is 0 Å². The van der Waals surface area contributed by atoms with Gasteiger partial charge in [-0.1, -0.05) is 11.6 Å². The van der Waals surface area contributed by atoms with Gasteiger partial charge in [0.15, 0.2) is 0 Å². The zero-order chi connectivity index (χ0) is 24.2. The van der Waals surface area contributed by atoms with Crippen molar-refractivity contribution < 1.29 is 23.8 Å². The van der Waals surface area contributed by atoms with Gasteiger partial charge in [-0.15, -0.1) is 0 Å². The molecule has 0 spiro atoms. The predicted octanol–water partition coefficient (Wildman–Crippen LogP) is 4.64. The fourth-order valence-corrected chi connectivity index (χ4v) is 4.41. The van der Waals surface area contributed by atoms with Crippen LogP contribution in [0.5, 0.6) is 11.5 Å². The molecule has 1 fully saturated rings. The van der Waals surface area contributed by atoms with Crippen molar-refractivity contribution in [1.29, 1.82) is 0 Å². The molecule has 3 aromatic rings. The van der Waals surface area contributed by atoms with Crippen LogP contribution in [0.1, 0.15) is 35.7 Å². The number of piperidine rings is 1. The second-order valence-electron chi connectivity index (χ2n) is 8.46. The lowest BCUT2D eigenvalue weighted by Gasteiger charge is -2.31. The van der Waals surface area contributed by atoms with Gasteiger partial charge < -0.3 is 19.1 Å². The summed E-state index contributed by atoms with van der Waals surface area (Å²) in [5.74, 6) is 0.909.